The molecule has 2 aromatic carbocycles. The average Bonchev–Trinajstić information content (AvgIpc) is 2.95. The maximum absolute atomic E-state index is 13.4. The number of amides is 2. The van der Waals surface area contributed by atoms with Crippen molar-refractivity contribution in [3.8, 4) is 0 Å². The largest absolute Gasteiger partial charge is 0.445 e. The van der Waals surface area contributed by atoms with Gasteiger partial charge < -0.3 is 14.5 Å². The Morgan fingerprint density at radius 2 is 1.59 bits per heavy atom. The lowest BCUT2D eigenvalue weighted by Gasteiger charge is -2.22. The second-order valence-corrected chi connectivity index (χ2v) is 6.30. The van der Waals surface area contributed by atoms with Crippen molar-refractivity contribution in [2.24, 2.45) is 0 Å². The molecule has 0 spiro atoms. The molecular weight excluding hydrogens is 354 g/mol. The Hall–Kier alpha value is -2.96. The van der Waals surface area contributed by atoms with Gasteiger partial charge in [0, 0.05) is 31.7 Å². The van der Waals surface area contributed by atoms with Gasteiger partial charge in [0.15, 0.2) is 11.6 Å². The quantitative estimate of drug-likeness (QED) is 0.827. The van der Waals surface area contributed by atoms with E-state index < -0.39 is 17.7 Å². The number of carbonyl (C=O) groups excluding carboxylic acids is 2. The van der Waals surface area contributed by atoms with Gasteiger partial charge in [-0.3, -0.25) is 4.79 Å². The lowest BCUT2D eigenvalue weighted by Crippen LogP contribution is -2.37. The van der Waals surface area contributed by atoms with Crippen LogP contribution in [0.2, 0.25) is 0 Å². The van der Waals surface area contributed by atoms with Gasteiger partial charge in [-0.25, -0.2) is 13.6 Å². The Labute approximate surface area is 156 Å². The zero-order valence-electron chi connectivity index (χ0n) is 14.7. The molecule has 0 radical (unpaired) electrons. The summed E-state index contributed by atoms with van der Waals surface area (Å²) in [4.78, 5) is 27.9. The molecule has 0 saturated carbocycles. The van der Waals surface area contributed by atoms with Crippen LogP contribution in [0.25, 0.3) is 0 Å². The molecule has 1 heterocycles. The molecule has 3 rings (SSSR count). The van der Waals surface area contributed by atoms with Crippen molar-refractivity contribution in [3.63, 3.8) is 0 Å². The smallest absolute Gasteiger partial charge is 0.410 e. The number of hydrogen-bond acceptors (Lipinski definition) is 3. The van der Waals surface area contributed by atoms with Crippen LogP contribution in [0.3, 0.4) is 0 Å². The SMILES string of the molecule is O=C(OCc1ccccc1)N1CCCN(C(=O)c2ccc(F)c(F)c2)CC1. The third-order valence-electron chi connectivity index (χ3n) is 4.41. The Bertz CT molecular complexity index is 814. The summed E-state index contributed by atoms with van der Waals surface area (Å²) in [6.07, 6.45) is 0.150. The summed E-state index contributed by atoms with van der Waals surface area (Å²) in [6.45, 7) is 1.71. The fourth-order valence-corrected chi connectivity index (χ4v) is 2.93. The van der Waals surface area contributed by atoms with E-state index in [-0.39, 0.29) is 18.1 Å². The van der Waals surface area contributed by atoms with Crippen LogP contribution < -0.4 is 0 Å². The fourth-order valence-electron chi connectivity index (χ4n) is 2.93. The predicted octanol–water partition coefficient (Wildman–Crippen LogP) is 3.45. The van der Waals surface area contributed by atoms with E-state index in [1.54, 1.807) is 4.90 Å². The van der Waals surface area contributed by atoms with Crippen molar-refractivity contribution in [1.29, 1.82) is 0 Å². The summed E-state index contributed by atoms with van der Waals surface area (Å²) in [5.74, 6) is -2.43. The minimum atomic E-state index is -1.05. The summed E-state index contributed by atoms with van der Waals surface area (Å²) in [5, 5.41) is 0. The molecular formula is C20H20F2N2O3. The first-order chi connectivity index (χ1) is 13.0. The Balaban J connectivity index is 1.55. The molecule has 0 atom stereocenters. The molecule has 142 valence electrons. The van der Waals surface area contributed by atoms with Crippen LogP contribution in [0.5, 0.6) is 0 Å². The first kappa shape index (κ1) is 18.8. The molecule has 2 aromatic rings. The topological polar surface area (TPSA) is 49.9 Å². The summed E-state index contributed by atoms with van der Waals surface area (Å²) >= 11 is 0. The molecule has 1 aliphatic rings. The van der Waals surface area contributed by atoms with E-state index in [2.05, 4.69) is 0 Å². The molecule has 7 heteroatoms. The van der Waals surface area contributed by atoms with Crippen molar-refractivity contribution in [3.05, 3.63) is 71.3 Å². The maximum atomic E-state index is 13.4. The Morgan fingerprint density at radius 3 is 2.33 bits per heavy atom. The van der Waals surface area contributed by atoms with Gasteiger partial charge in [0.25, 0.3) is 5.91 Å². The van der Waals surface area contributed by atoms with Crippen LogP contribution in [0.4, 0.5) is 13.6 Å². The molecule has 0 aromatic heterocycles. The molecule has 27 heavy (non-hydrogen) atoms. The number of hydrogen-bond donors (Lipinski definition) is 0. The predicted molar refractivity (Wildman–Crippen MR) is 95.1 cm³/mol. The number of ether oxygens (including phenoxy) is 1. The third-order valence-corrected chi connectivity index (χ3v) is 4.41. The van der Waals surface area contributed by atoms with Gasteiger partial charge in [0.05, 0.1) is 0 Å². The van der Waals surface area contributed by atoms with Gasteiger partial charge in [-0.1, -0.05) is 30.3 Å². The first-order valence-corrected chi connectivity index (χ1v) is 8.74. The van der Waals surface area contributed by atoms with Gasteiger partial charge in [-0.15, -0.1) is 0 Å². The normalized spacial score (nSPS) is 14.6. The van der Waals surface area contributed by atoms with E-state index in [0.29, 0.717) is 32.6 Å². The molecule has 1 aliphatic heterocycles. The van der Waals surface area contributed by atoms with Crippen molar-refractivity contribution in [2.45, 2.75) is 13.0 Å². The summed E-state index contributed by atoms with van der Waals surface area (Å²) < 4.78 is 31.7. The second kappa shape index (κ2) is 8.62. The van der Waals surface area contributed by atoms with E-state index >= 15 is 0 Å². The van der Waals surface area contributed by atoms with E-state index in [4.69, 9.17) is 4.74 Å². The number of benzene rings is 2. The third kappa shape index (κ3) is 4.81. The highest BCUT2D eigenvalue weighted by Crippen LogP contribution is 2.14. The van der Waals surface area contributed by atoms with Crippen molar-refractivity contribution in [1.82, 2.24) is 9.80 Å². The van der Waals surface area contributed by atoms with E-state index in [1.807, 2.05) is 30.3 Å². The highest BCUT2D eigenvalue weighted by Gasteiger charge is 2.24. The highest BCUT2D eigenvalue weighted by atomic mass is 19.2. The van der Waals surface area contributed by atoms with E-state index in [9.17, 15) is 18.4 Å². The average molecular weight is 374 g/mol. The van der Waals surface area contributed by atoms with Crippen LogP contribution in [0.1, 0.15) is 22.3 Å². The zero-order valence-corrected chi connectivity index (χ0v) is 14.7. The molecule has 1 fully saturated rings. The number of rotatable bonds is 3. The molecule has 0 aliphatic carbocycles. The first-order valence-electron chi connectivity index (χ1n) is 8.74. The molecule has 0 unspecified atom stereocenters. The monoisotopic (exact) mass is 374 g/mol. The Kier molecular flexibility index (Phi) is 6.01. The minimum absolute atomic E-state index is 0.0917. The van der Waals surface area contributed by atoms with E-state index in [1.165, 1.54) is 11.0 Å². The molecule has 5 nitrogen and oxygen atoms in total. The molecule has 0 bridgehead atoms. The summed E-state index contributed by atoms with van der Waals surface area (Å²) in [5.41, 5.74) is 0.991. The van der Waals surface area contributed by atoms with Gasteiger partial charge >= 0.3 is 6.09 Å². The summed E-state index contributed by atoms with van der Waals surface area (Å²) in [7, 11) is 0. The van der Waals surface area contributed by atoms with Crippen molar-refractivity contribution in [2.75, 3.05) is 26.2 Å². The van der Waals surface area contributed by atoms with Crippen LogP contribution in [0.15, 0.2) is 48.5 Å². The van der Waals surface area contributed by atoms with Crippen LogP contribution in [0, 0.1) is 11.6 Å². The van der Waals surface area contributed by atoms with Crippen LogP contribution >= 0.6 is 0 Å². The van der Waals surface area contributed by atoms with Gasteiger partial charge in [0.1, 0.15) is 6.61 Å². The minimum Gasteiger partial charge on any atom is -0.445 e. The zero-order chi connectivity index (χ0) is 19.2. The second-order valence-electron chi connectivity index (χ2n) is 6.30. The van der Waals surface area contributed by atoms with Gasteiger partial charge in [-0.2, -0.15) is 0 Å². The van der Waals surface area contributed by atoms with E-state index in [0.717, 1.165) is 17.7 Å². The fraction of sp³-hybridized carbons (Fsp3) is 0.300. The van der Waals surface area contributed by atoms with Gasteiger partial charge in [-0.05, 0) is 30.2 Å². The maximum Gasteiger partial charge on any atom is 0.410 e. The van der Waals surface area contributed by atoms with Crippen molar-refractivity contribution < 1.29 is 23.1 Å². The number of carbonyl (C=O) groups is 2. The molecule has 0 N–H and O–H groups in total. The summed E-state index contributed by atoms with van der Waals surface area (Å²) in [6, 6.07) is 12.5. The van der Waals surface area contributed by atoms with Crippen LogP contribution in [-0.4, -0.2) is 48.0 Å². The Morgan fingerprint density at radius 1 is 0.889 bits per heavy atom. The molecule has 2 amide bonds. The standard InChI is InChI=1S/C20H20F2N2O3/c21-17-8-7-16(13-18(17)22)19(25)23-9-4-10-24(12-11-23)20(26)27-14-15-5-2-1-3-6-15/h1-3,5-8,13H,4,9-12,14H2. The van der Waals surface area contributed by atoms with Gasteiger partial charge in [0.2, 0.25) is 0 Å². The lowest BCUT2D eigenvalue weighted by atomic mass is 10.2. The number of nitrogens with zero attached hydrogens (tertiary/aromatic N) is 2. The lowest BCUT2D eigenvalue weighted by molar-refractivity contribution is 0.0748. The van der Waals surface area contributed by atoms with Crippen molar-refractivity contribution >= 4 is 12.0 Å². The number of halogens is 2. The highest BCUT2D eigenvalue weighted by molar-refractivity contribution is 5.94. The van der Waals surface area contributed by atoms with Crippen LogP contribution in [-0.2, 0) is 11.3 Å². The molecule has 1 saturated heterocycles.